The Balaban J connectivity index is 1.77. The number of hydrogen-bond acceptors (Lipinski definition) is 11. The number of carbonyl (C=O) groups is 4. The van der Waals surface area contributed by atoms with Crippen molar-refractivity contribution in [3.05, 3.63) is 0 Å². The molecule has 3 aliphatic rings. The zero-order valence-electron chi connectivity index (χ0n) is 33.1. The predicted molar refractivity (Wildman–Crippen MR) is 189 cm³/mol. The number of nitrogens with one attached hydrogen (secondary N) is 2. The van der Waals surface area contributed by atoms with E-state index in [4.69, 9.17) is 23.7 Å². The average molecular weight is 728 g/mol. The van der Waals surface area contributed by atoms with Gasteiger partial charge in [-0.05, 0) is 93.9 Å². The molecule has 14 nitrogen and oxygen atoms in total. The van der Waals surface area contributed by atoms with Gasteiger partial charge in [0.15, 0.2) is 6.29 Å². The SMILES string of the molecule is CN(C(=O)OC(C)(C)C)C1C(O)CC(OC2C(O)CC(NC(=O)OC(C)(C)C)CC2CC(=O)C2(C)CC(NC(=O)OC(C)(C)C)C2)OCC1(C)C. The Bertz CT molecular complexity index is 1250. The largest absolute Gasteiger partial charge is 0.444 e. The molecule has 7 unspecified atom stereocenters. The van der Waals surface area contributed by atoms with Crippen molar-refractivity contribution in [1.29, 1.82) is 0 Å². The van der Waals surface area contributed by atoms with E-state index < -0.39 is 88.5 Å². The molecule has 1 saturated heterocycles. The molecule has 0 aromatic carbocycles. The molecule has 1 aliphatic heterocycles. The molecule has 1 heterocycles. The van der Waals surface area contributed by atoms with Crippen molar-refractivity contribution in [2.75, 3.05) is 13.7 Å². The molecule has 0 aromatic heterocycles. The molecule has 7 atom stereocenters. The summed E-state index contributed by atoms with van der Waals surface area (Å²) in [6.07, 6.45) is -4.27. The first-order chi connectivity index (χ1) is 23.1. The van der Waals surface area contributed by atoms with Gasteiger partial charge in [0.2, 0.25) is 0 Å². The number of hydrogen-bond donors (Lipinski definition) is 4. The Morgan fingerprint density at radius 2 is 1.27 bits per heavy atom. The van der Waals surface area contributed by atoms with Crippen LogP contribution in [0.1, 0.15) is 122 Å². The van der Waals surface area contributed by atoms with Gasteiger partial charge in [-0.15, -0.1) is 0 Å². The van der Waals surface area contributed by atoms with Crippen LogP contribution in [-0.4, -0.2) is 112 Å². The van der Waals surface area contributed by atoms with Crippen molar-refractivity contribution in [2.24, 2.45) is 16.7 Å². The van der Waals surface area contributed by atoms with Gasteiger partial charge >= 0.3 is 18.3 Å². The minimum absolute atomic E-state index is 0.000435. The molecule has 14 heteroatoms. The second-order valence-corrected chi connectivity index (χ2v) is 18.8. The summed E-state index contributed by atoms with van der Waals surface area (Å²) < 4.78 is 29.0. The fourth-order valence-corrected chi connectivity index (χ4v) is 7.45. The standard InChI is InChI=1S/C37H65N3O11/c1-33(2,3)49-30(44)38-22-14-21(15-26(43)37(12)18-23(19-37)39-31(45)50-34(4,5)6)28(24(41)16-22)48-27-17-25(42)29(36(10,11)20-47-27)40(13)32(46)51-35(7,8)9/h21-25,27-29,41-42H,14-20H2,1-13H3,(H,38,44)(H,39,45). The smallest absolute Gasteiger partial charge is 0.410 e. The number of aliphatic hydroxyl groups is 2. The molecule has 294 valence electrons. The van der Waals surface area contributed by atoms with E-state index >= 15 is 0 Å². The fraction of sp³-hybridized carbons (Fsp3) is 0.892. The molecule has 2 aliphatic carbocycles. The normalized spacial score (nSPS) is 32.8. The number of ether oxygens (including phenoxy) is 5. The number of amides is 3. The van der Waals surface area contributed by atoms with Crippen molar-refractivity contribution < 1.29 is 53.1 Å². The average Bonchev–Trinajstić information content (AvgIpc) is 3.00. The molecule has 3 amide bonds. The van der Waals surface area contributed by atoms with Crippen molar-refractivity contribution in [3.8, 4) is 0 Å². The molecule has 51 heavy (non-hydrogen) atoms. The zero-order chi connectivity index (χ0) is 38.9. The Morgan fingerprint density at radius 3 is 1.78 bits per heavy atom. The lowest BCUT2D eigenvalue weighted by Gasteiger charge is -2.46. The lowest BCUT2D eigenvalue weighted by atomic mass is 9.62. The minimum Gasteiger partial charge on any atom is -0.444 e. The number of carbonyl (C=O) groups excluding carboxylic acids is 4. The Morgan fingerprint density at radius 1 is 0.765 bits per heavy atom. The number of nitrogens with zero attached hydrogens (tertiary/aromatic N) is 1. The summed E-state index contributed by atoms with van der Waals surface area (Å²) in [7, 11) is 1.59. The summed E-state index contributed by atoms with van der Waals surface area (Å²) in [6, 6.07) is -1.37. The molecule has 0 bridgehead atoms. The highest BCUT2D eigenvalue weighted by atomic mass is 16.7. The van der Waals surface area contributed by atoms with Crippen molar-refractivity contribution in [1.82, 2.24) is 15.5 Å². The van der Waals surface area contributed by atoms with Gasteiger partial charge in [-0.2, -0.15) is 0 Å². The summed E-state index contributed by atoms with van der Waals surface area (Å²) in [4.78, 5) is 53.3. The summed E-state index contributed by atoms with van der Waals surface area (Å²) >= 11 is 0. The maximum absolute atomic E-state index is 13.9. The highest BCUT2D eigenvalue weighted by molar-refractivity contribution is 5.86. The van der Waals surface area contributed by atoms with Crippen LogP contribution in [0, 0.1) is 16.7 Å². The van der Waals surface area contributed by atoms with E-state index in [-0.39, 0.29) is 37.7 Å². The van der Waals surface area contributed by atoms with Gasteiger partial charge in [-0.1, -0.05) is 20.8 Å². The quantitative estimate of drug-likeness (QED) is 0.246. The van der Waals surface area contributed by atoms with Crippen LogP contribution >= 0.6 is 0 Å². The molecule has 4 N–H and O–H groups in total. The van der Waals surface area contributed by atoms with Gasteiger partial charge in [0.25, 0.3) is 0 Å². The van der Waals surface area contributed by atoms with Crippen molar-refractivity contribution in [3.63, 3.8) is 0 Å². The summed E-state index contributed by atoms with van der Waals surface area (Å²) in [5.74, 6) is -0.566. The molecular formula is C37H65N3O11. The van der Waals surface area contributed by atoms with E-state index in [0.29, 0.717) is 19.3 Å². The Hall–Kier alpha value is -2.68. The summed E-state index contributed by atoms with van der Waals surface area (Å²) in [5, 5.41) is 28.7. The molecule has 3 rings (SSSR count). The molecule has 2 saturated carbocycles. The number of alkyl carbamates (subject to hydrolysis) is 2. The van der Waals surface area contributed by atoms with Crippen LogP contribution in [0.25, 0.3) is 0 Å². The van der Waals surface area contributed by atoms with Crippen LogP contribution in [0.2, 0.25) is 0 Å². The first-order valence-electron chi connectivity index (χ1n) is 18.2. The zero-order valence-corrected chi connectivity index (χ0v) is 33.1. The maximum Gasteiger partial charge on any atom is 0.410 e. The Labute approximate surface area is 304 Å². The van der Waals surface area contributed by atoms with Gasteiger partial charge < -0.3 is 49.4 Å². The van der Waals surface area contributed by atoms with E-state index in [9.17, 15) is 29.4 Å². The van der Waals surface area contributed by atoms with Crippen LogP contribution in [-0.2, 0) is 28.5 Å². The third-order valence-corrected chi connectivity index (χ3v) is 9.56. The lowest BCUT2D eigenvalue weighted by Crippen LogP contribution is -2.56. The van der Waals surface area contributed by atoms with Crippen molar-refractivity contribution in [2.45, 2.75) is 181 Å². The molecular weight excluding hydrogens is 662 g/mol. The first-order valence-corrected chi connectivity index (χ1v) is 18.2. The second kappa shape index (κ2) is 15.7. The van der Waals surface area contributed by atoms with Gasteiger partial charge in [-0.25, -0.2) is 14.4 Å². The van der Waals surface area contributed by atoms with Crippen LogP contribution in [0.15, 0.2) is 0 Å². The minimum atomic E-state index is -1.08. The molecule has 0 aromatic rings. The second-order valence-electron chi connectivity index (χ2n) is 18.8. The molecule has 0 radical (unpaired) electrons. The highest BCUT2D eigenvalue weighted by Gasteiger charge is 2.51. The third kappa shape index (κ3) is 12.5. The number of ketones is 1. The highest BCUT2D eigenvalue weighted by Crippen LogP contribution is 2.45. The molecule has 3 fully saturated rings. The van der Waals surface area contributed by atoms with E-state index in [2.05, 4.69) is 10.6 Å². The van der Waals surface area contributed by atoms with Crippen LogP contribution in [0.3, 0.4) is 0 Å². The number of aliphatic hydroxyl groups excluding tert-OH is 2. The van der Waals surface area contributed by atoms with E-state index in [1.165, 1.54) is 4.90 Å². The van der Waals surface area contributed by atoms with E-state index in [0.717, 1.165) is 0 Å². The third-order valence-electron chi connectivity index (χ3n) is 9.56. The number of rotatable bonds is 8. The number of Topliss-reactive ketones (excluding diaryl/α,β-unsaturated/α-hetero) is 1. The lowest BCUT2D eigenvalue weighted by molar-refractivity contribution is -0.223. The fourth-order valence-electron chi connectivity index (χ4n) is 7.45. The molecule has 0 spiro atoms. The first kappa shape index (κ1) is 42.7. The summed E-state index contributed by atoms with van der Waals surface area (Å²) in [6.45, 7) is 21.7. The van der Waals surface area contributed by atoms with Gasteiger partial charge in [0.05, 0.1) is 31.0 Å². The number of likely N-dealkylation sites (N-methyl/N-ethyl adjacent to an activating group) is 1. The monoisotopic (exact) mass is 727 g/mol. The predicted octanol–water partition coefficient (Wildman–Crippen LogP) is 5.06. The topological polar surface area (TPSA) is 182 Å². The van der Waals surface area contributed by atoms with Crippen LogP contribution in [0.4, 0.5) is 14.4 Å². The van der Waals surface area contributed by atoms with Crippen LogP contribution in [0.5, 0.6) is 0 Å². The van der Waals surface area contributed by atoms with Crippen molar-refractivity contribution >= 4 is 24.1 Å². The van der Waals surface area contributed by atoms with E-state index in [1.807, 2.05) is 20.8 Å². The van der Waals surface area contributed by atoms with Gasteiger partial charge in [0.1, 0.15) is 22.6 Å². The Kier molecular flexibility index (Phi) is 13.2. The maximum atomic E-state index is 13.9. The van der Waals surface area contributed by atoms with Crippen LogP contribution < -0.4 is 10.6 Å². The summed E-state index contributed by atoms with van der Waals surface area (Å²) in [5.41, 5.74) is -3.50. The van der Waals surface area contributed by atoms with Gasteiger partial charge in [0, 0.05) is 42.8 Å². The van der Waals surface area contributed by atoms with Gasteiger partial charge in [-0.3, -0.25) is 4.79 Å². The van der Waals surface area contributed by atoms with E-state index in [1.54, 1.807) is 69.4 Å².